The van der Waals surface area contributed by atoms with Gasteiger partial charge in [0, 0.05) is 12.3 Å². The third-order valence-electron chi connectivity index (χ3n) is 5.61. The summed E-state index contributed by atoms with van der Waals surface area (Å²) in [7, 11) is 0. The molecule has 1 aliphatic heterocycles. The molecule has 0 saturated heterocycles. The van der Waals surface area contributed by atoms with Gasteiger partial charge in [-0.2, -0.15) is 8.78 Å². The molecule has 2 aliphatic rings. The van der Waals surface area contributed by atoms with Crippen molar-refractivity contribution in [1.82, 2.24) is 0 Å². The third kappa shape index (κ3) is 6.39. The van der Waals surface area contributed by atoms with Gasteiger partial charge in [-0.1, -0.05) is 36.4 Å². The Hall–Kier alpha value is -2.21. The summed E-state index contributed by atoms with van der Waals surface area (Å²) in [6, 6.07) is 8.49. The summed E-state index contributed by atoms with van der Waals surface area (Å²) in [5.41, 5.74) is 0. The molecule has 1 saturated carbocycles. The van der Waals surface area contributed by atoms with E-state index < -0.39 is 24.6 Å². The van der Waals surface area contributed by atoms with Gasteiger partial charge in [-0.15, -0.1) is 0 Å². The largest absolute Gasteiger partial charge is 0.487 e. The van der Waals surface area contributed by atoms with E-state index in [0.29, 0.717) is 25.0 Å². The fraction of sp³-hybridized carbons (Fsp3) is 0.522. The highest BCUT2D eigenvalue weighted by atomic mass is 19.3. The maximum atomic E-state index is 14.3. The molecule has 4 nitrogen and oxygen atoms in total. The second-order valence-electron chi connectivity index (χ2n) is 7.81. The number of hydrogen-bond donors (Lipinski definition) is 1. The van der Waals surface area contributed by atoms with Crippen LogP contribution < -0.4 is 4.74 Å². The number of alkyl halides is 2. The predicted octanol–water partition coefficient (Wildman–Crippen LogP) is 4.54. The Bertz CT molecular complexity index is 717. The summed E-state index contributed by atoms with van der Waals surface area (Å²) in [4.78, 5) is 11.8. The van der Waals surface area contributed by atoms with Gasteiger partial charge in [-0.25, -0.2) is 0 Å². The van der Waals surface area contributed by atoms with Crippen LogP contribution in [0.3, 0.4) is 0 Å². The van der Waals surface area contributed by atoms with Crippen molar-refractivity contribution in [2.75, 3.05) is 13.2 Å². The van der Waals surface area contributed by atoms with Crippen LogP contribution in [0, 0.1) is 17.8 Å². The van der Waals surface area contributed by atoms with Crippen LogP contribution in [0.15, 0.2) is 54.6 Å². The molecule has 1 aromatic rings. The normalized spacial score (nSPS) is 29.7. The molecule has 1 aliphatic carbocycles. The van der Waals surface area contributed by atoms with Gasteiger partial charge in [-0.3, -0.25) is 4.79 Å². The quantitative estimate of drug-likeness (QED) is 0.576. The van der Waals surface area contributed by atoms with Gasteiger partial charge in [0.2, 0.25) is 0 Å². The highest BCUT2D eigenvalue weighted by molar-refractivity contribution is 5.69. The number of carbonyl (C=O) groups is 1. The number of para-hydroxylation sites is 1. The Morgan fingerprint density at radius 2 is 2.03 bits per heavy atom. The first-order valence-electron chi connectivity index (χ1n) is 10.2. The molecular weight excluding hydrogens is 378 g/mol. The lowest BCUT2D eigenvalue weighted by atomic mass is 9.85. The molecule has 1 fully saturated rings. The molecule has 158 valence electrons. The number of benzene rings is 1. The van der Waals surface area contributed by atoms with Crippen LogP contribution in [0.25, 0.3) is 0 Å². The van der Waals surface area contributed by atoms with Gasteiger partial charge in [0.25, 0.3) is 5.92 Å². The molecule has 1 N–H and O–H groups in total. The summed E-state index contributed by atoms with van der Waals surface area (Å²) in [5.74, 6) is -3.50. The van der Waals surface area contributed by atoms with Gasteiger partial charge in [-0.05, 0) is 55.7 Å². The molecule has 0 unspecified atom stereocenters. The van der Waals surface area contributed by atoms with Crippen molar-refractivity contribution in [2.24, 2.45) is 17.8 Å². The first-order valence-corrected chi connectivity index (χ1v) is 10.2. The van der Waals surface area contributed by atoms with E-state index in [0.717, 1.165) is 18.9 Å². The van der Waals surface area contributed by atoms with Crippen molar-refractivity contribution in [3.63, 3.8) is 0 Å². The van der Waals surface area contributed by atoms with Crippen LogP contribution in [0.2, 0.25) is 0 Å². The lowest BCUT2D eigenvalue weighted by Gasteiger charge is -2.23. The molecule has 0 spiro atoms. The van der Waals surface area contributed by atoms with Crippen molar-refractivity contribution < 1.29 is 28.2 Å². The van der Waals surface area contributed by atoms with Gasteiger partial charge >= 0.3 is 5.97 Å². The Labute approximate surface area is 170 Å². The Morgan fingerprint density at radius 1 is 1.24 bits per heavy atom. The Balaban J connectivity index is 1.65. The number of halogens is 2. The summed E-state index contributed by atoms with van der Waals surface area (Å²) < 4.78 is 39.1. The van der Waals surface area contributed by atoms with Crippen molar-refractivity contribution >= 4 is 5.97 Å². The average Bonchev–Trinajstić information content (AvgIpc) is 2.99. The van der Waals surface area contributed by atoms with Crippen LogP contribution in [-0.4, -0.2) is 36.3 Å². The zero-order valence-corrected chi connectivity index (χ0v) is 16.4. The minimum atomic E-state index is -3.15. The number of allylic oxidation sites excluding steroid dienone is 2. The van der Waals surface area contributed by atoms with Crippen LogP contribution in [-0.2, 0) is 9.53 Å². The molecule has 0 aromatic heterocycles. The second kappa shape index (κ2) is 10.0. The highest BCUT2D eigenvalue weighted by Crippen LogP contribution is 2.41. The summed E-state index contributed by atoms with van der Waals surface area (Å²) in [5, 5.41) is 10.5. The number of aliphatic hydroxyl groups excluding tert-OH is 1. The first kappa shape index (κ1) is 21.5. The molecule has 4 atom stereocenters. The molecule has 29 heavy (non-hydrogen) atoms. The molecule has 1 aromatic carbocycles. The fourth-order valence-corrected chi connectivity index (χ4v) is 4.06. The highest BCUT2D eigenvalue weighted by Gasteiger charge is 2.41. The van der Waals surface area contributed by atoms with E-state index in [-0.39, 0.29) is 24.4 Å². The van der Waals surface area contributed by atoms with Gasteiger partial charge in [0.1, 0.15) is 5.75 Å². The monoisotopic (exact) mass is 406 g/mol. The zero-order chi connectivity index (χ0) is 20.7. The Kier molecular flexibility index (Phi) is 7.42. The number of esters is 1. The topological polar surface area (TPSA) is 55.8 Å². The number of aliphatic hydroxyl groups is 1. The van der Waals surface area contributed by atoms with E-state index in [1.54, 1.807) is 30.3 Å². The second-order valence-corrected chi connectivity index (χ2v) is 7.81. The van der Waals surface area contributed by atoms with Gasteiger partial charge in [0.15, 0.2) is 6.61 Å². The molecule has 1 heterocycles. The minimum Gasteiger partial charge on any atom is -0.487 e. The summed E-state index contributed by atoms with van der Waals surface area (Å²) in [6.45, 7) is -0.534. The zero-order valence-electron chi connectivity index (χ0n) is 16.4. The van der Waals surface area contributed by atoms with Crippen LogP contribution >= 0.6 is 0 Å². The molecule has 6 heteroatoms. The van der Waals surface area contributed by atoms with Crippen LogP contribution in [0.1, 0.15) is 32.1 Å². The SMILES string of the molecule is O=C1CCC/C=C\C[C@H]2[C@@H](CO1)C[C@@H](O)[C@@H]2/C=C/C(F)(F)COc1ccccc1. The molecule has 0 amide bonds. The summed E-state index contributed by atoms with van der Waals surface area (Å²) >= 11 is 0. The minimum absolute atomic E-state index is 0.0412. The van der Waals surface area contributed by atoms with E-state index in [9.17, 15) is 18.7 Å². The average molecular weight is 406 g/mol. The Morgan fingerprint density at radius 3 is 2.83 bits per heavy atom. The summed E-state index contributed by atoms with van der Waals surface area (Å²) in [6.07, 6.45) is 8.57. The number of rotatable bonds is 5. The lowest BCUT2D eigenvalue weighted by Crippen LogP contribution is -2.25. The van der Waals surface area contributed by atoms with Gasteiger partial charge < -0.3 is 14.6 Å². The predicted molar refractivity (Wildman–Crippen MR) is 106 cm³/mol. The van der Waals surface area contributed by atoms with E-state index in [1.165, 1.54) is 6.08 Å². The van der Waals surface area contributed by atoms with E-state index in [4.69, 9.17) is 9.47 Å². The van der Waals surface area contributed by atoms with Crippen molar-refractivity contribution in [1.29, 1.82) is 0 Å². The maximum Gasteiger partial charge on any atom is 0.305 e. The molecule has 3 rings (SSSR count). The number of hydrogen-bond acceptors (Lipinski definition) is 4. The maximum absolute atomic E-state index is 14.3. The number of cyclic esters (lactones) is 1. The molecular formula is C23H28F2O4. The van der Waals surface area contributed by atoms with E-state index in [1.807, 2.05) is 12.2 Å². The fourth-order valence-electron chi connectivity index (χ4n) is 4.06. The molecule has 0 radical (unpaired) electrons. The third-order valence-corrected chi connectivity index (χ3v) is 5.61. The van der Waals surface area contributed by atoms with E-state index in [2.05, 4.69) is 0 Å². The number of ether oxygens (including phenoxy) is 2. The lowest BCUT2D eigenvalue weighted by molar-refractivity contribution is -0.145. The van der Waals surface area contributed by atoms with Crippen LogP contribution in [0.5, 0.6) is 5.75 Å². The van der Waals surface area contributed by atoms with Crippen molar-refractivity contribution in [3.8, 4) is 5.75 Å². The van der Waals surface area contributed by atoms with Gasteiger partial charge in [0.05, 0.1) is 12.7 Å². The number of carbonyl (C=O) groups excluding carboxylic acids is 1. The standard InChI is InChI=1S/C23H28F2O4/c24-23(25,16-29-18-8-4-3-5-9-18)13-12-20-19-10-6-1-2-7-11-22(27)28-15-17(19)14-21(20)26/h1,3-6,8-9,12-13,17,19-21,26H,2,7,10-11,14-16H2/b6-1-,13-12+/t17-,19+,20-,21-/m1/s1. The van der Waals surface area contributed by atoms with Crippen molar-refractivity contribution in [2.45, 2.75) is 44.1 Å². The first-order chi connectivity index (χ1) is 13.9. The van der Waals surface area contributed by atoms with Crippen molar-refractivity contribution in [3.05, 3.63) is 54.6 Å². The smallest absolute Gasteiger partial charge is 0.305 e. The molecule has 0 bridgehead atoms. The van der Waals surface area contributed by atoms with E-state index >= 15 is 0 Å². The van der Waals surface area contributed by atoms with Crippen LogP contribution in [0.4, 0.5) is 8.78 Å². The number of fused-ring (bicyclic) bond motifs is 1.